The van der Waals surface area contributed by atoms with E-state index in [2.05, 4.69) is 21.4 Å². The zero-order valence-corrected chi connectivity index (χ0v) is 18.2. The molecule has 1 aromatic rings. The molecule has 1 amide bonds. The molecule has 0 spiro atoms. The number of rotatable bonds is 5. The number of halogens is 3. The second-order valence-corrected chi connectivity index (χ2v) is 8.49. The van der Waals surface area contributed by atoms with Gasteiger partial charge in [-0.15, -0.1) is 5.10 Å². The molecule has 3 heterocycles. The van der Waals surface area contributed by atoms with E-state index in [0.717, 1.165) is 51.3 Å². The smallest absolute Gasteiger partial charge is 0.475 e. The first kappa shape index (κ1) is 25.2. The summed E-state index contributed by atoms with van der Waals surface area (Å²) in [5.41, 5.74) is 1.06. The van der Waals surface area contributed by atoms with Gasteiger partial charge < -0.3 is 10.0 Å². The third kappa shape index (κ3) is 8.52. The first-order valence-electron chi connectivity index (χ1n) is 10.1. The summed E-state index contributed by atoms with van der Waals surface area (Å²) in [5.74, 6) is -0.0943. The Morgan fingerprint density at radius 2 is 1.84 bits per heavy atom. The quantitative estimate of drug-likeness (QED) is 0.671. The molecule has 174 valence electrons. The number of likely N-dealkylation sites (tertiary alicyclic amines) is 1. The van der Waals surface area contributed by atoms with Crippen LogP contribution in [0.3, 0.4) is 0 Å². The summed E-state index contributed by atoms with van der Waals surface area (Å²) in [4.78, 5) is 25.4. The molecule has 12 heteroatoms. The van der Waals surface area contributed by atoms with Crippen molar-refractivity contribution in [3.05, 3.63) is 24.0 Å². The van der Waals surface area contributed by atoms with Crippen molar-refractivity contribution in [1.82, 2.24) is 24.8 Å². The van der Waals surface area contributed by atoms with Crippen molar-refractivity contribution in [2.24, 2.45) is 0 Å². The van der Waals surface area contributed by atoms with E-state index >= 15 is 0 Å². The van der Waals surface area contributed by atoms with Gasteiger partial charge in [-0.2, -0.15) is 24.9 Å². The monoisotopic (exact) mass is 463 g/mol. The SMILES string of the molecule is CC=CCC(=O)N1CCC(n2cc(CN3CCSCC3)nn2)CC1.O=C(O)C(F)(F)F. The average Bonchev–Trinajstić information content (AvgIpc) is 3.21. The van der Waals surface area contributed by atoms with Gasteiger partial charge in [-0.05, 0) is 19.8 Å². The van der Waals surface area contributed by atoms with Gasteiger partial charge in [-0.1, -0.05) is 17.4 Å². The second-order valence-electron chi connectivity index (χ2n) is 7.27. The molecule has 3 rings (SSSR count). The van der Waals surface area contributed by atoms with Gasteiger partial charge in [0.1, 0.15) is 0 Å². The summed E-state index contributed by atoms with van der Waals surface area (Å²) in [5, 5.41) is 15.8. The second kappa shape index (κ2) is 12.1. The van der Waals surface area contributed by atoms with Crippen molar-refractivity contribution < 1.29 is 27.9 Å². The lowest BCUT2D eigenvalue weighted by atomic mass is 10.0. The Morgan fingerprint density at radius 1 is 1.23 bits per heavy atom. The highest BCUT2D eigenvalue weighted by atomic mass is 32.2. The fourth-order valence-electron chi connectivity index (χ4n) is 3.28. The van der Waals surface area contributed by atoms with Crippen LogP contribution in [0.1, 0.15) is 37.9 Å². The summed E-state index contributed by atoms with van der Waals surface area (Å²) < 4.78 is 33.8. The molecule has 2 aliphatic rings. The Kier molecular flexibility index (Phi) is 9.82. The standard InChI is InChI=1S/C17H27N5OS.C2HF3O2/c1-2-3-4-17(23)21-7-5-16(6-8-21)22-14-15(18-19-22)13-20-9-11-24-12-10-20;3-2(4,5)1(6)7/h2-3,14,16H,4-13H2,1H3;(H,6,7). The van der Waals surface area contributed by atoms with E-state index in [-0.39, 0.29) is 5.91 Å². The van der Waals surface area contributed by atoms with Gasteiger partial charge >= 0.3 is 12.1 Å². The summed E-state index contributed by atoms with van der Waals surface area (Å²) in [7, 11) is 0. The number of hydrogen-bond acceptors (Lipinski definition) is 6. The van der Waals surface area contributed by atoms with E-state index in [4.69, 9.17) is 9.90 Å². The Balaban J connectivity index is 0.000000423. The number of amides is 1. The molecule has 0 radical (unpaired) electrons. The topological polar surface area (TPSA) is 91.6 Å². The van der Waals surface area contributed by atoms with Crippen LogP contribution in [0.5, 0.6) is 0 Å². The number of alkyl halides is 3. The van der Waals surface area contributed by atoms with Gasteiger partial charge in [-0.3, -0.25) is 9.69 Å². The van der Waals surface area contributed by atoms with Crippen LogP contribution in [0.2, 0.25) is 0 Å². The van der Waals surface area contributed by atoms with Crippen LogP contribution < -0.4 is 0 Å². The largest absolute Gasteiger partial charge is 0.490 e. The summed E-state index contributed by atoms with van der Waals surface area (Å²) >= 11 is 2.03. The molecule has 2 saturated heterocycles. The number of aliphatic carboxylic acids is 1. The van der Waals surface area contributed by atoms with Gasteiger partial charge in [-0.25, -0.2) is 9.48 Å². The number of carbonyl (C=O) groups excluding carboxylic acids is 1. The number of carbonyl (C=O) groups is 2. The number of allylic oxidation sites excluding steroid dienone is 1. The molecule has 0 saturated carbocycles. The molecule has 2 aliphatic heterocycles. The number of piperidine rings is 1. The Hall–Kier alpha value is -2.08. The van der Waals surface area contributed by atoms with Gasteiger partial charge in [0.2, 0.25) is 5.91 Å². The molecular weight excluding hydrogens is 435 g/mol. The van der Waals surface area contributed by atoms with Gasteiger partial charge in [0.05, 0.1) is 17.9 Å². The normalized spacial score (nSPS) is 18.6. The van der Waals surface area contributed by atoms with Crippen LogP contribution in [-0.2, 0) is 16.1 Å². The number of hydrogen-bond donors (Lipinski definition) is 1. The number of aromatic nitrogens is 3. The molecule has 1 aromatic heterocycles. The van der Waals surface area contributed by atoms with Crippen LogP contribution in [0, 0.1) is 0 Å². The minimum Gasteiger partial charge on any atom is -0.475 e. The van der Waals surface area contributed by atoms with Crippen LogP contribution >= 0.6 is 11.8 Å². The van der Waals surface area contributed by atoms with Crippen molar-refractivity contribution in [2.75, 3.05) is 37.7 Å². The Labute approximate surface area is 183 Å². The molecular formula is C19H28F3N5O3S. The summed E-state index contributed by atoms with van der Waals surface area (Å²) in [6.07, 6.45) is 3.32. The average molecular weight is 464 g/mol. The van der Waals surface area contributed by atoms with E-state index in [1.807, 2.05) is 40.4 Å². The number of nitrogens with zero attached hydrogens (tertiary/aromatic N) is 5. The molecule has 2 fully saturated rings. The van der Waals surface area contributed by atoms with Crippen LogP contribution in [-0.4, -0.2) is 85.6 Å². The van der Waals surface area contributed by atoms with Gasteiger partial charge in [0, 0.05) is 50.7 Å². The molecule has 0 aromatic carbocycles. The Morgan fingerprint density at radius 3 is 2.39 bits per heavy atom. The van der Waals surface area contributed by atoms with E-state index in [9.17, 15) is 18.0 Å². The minimum absolute atomic E-state index is 0.230. The fourth-order valence-corrected chi connectivity index (χ4v) is 4.26. The van der Waals surface area contributed by atoms with E-state index in [1.165, 1.54) is 11.5 Å². The third-order valence-corrected chi connectivity index (χ3v) is 5.95. The van der Waals surface area contributed by atoms with Crippen LogP contribution in [0.4, 0.5) is 13.2 Å². The van der Waals surface area contributed by atoms with Gasteiger partial charge in [0.15, 0.2) is 0 Å². The van der Waals surface area contributed by atoms with Crippen molar-refractivity contribution >= 4 is 23.6 Å². The molecule has 0 unspecified atom stereocenters. The zero-order valence-electron chi connectivity index (χ0n) is 17.4. The van der Waals surface area contributed by atoms with E-state index in [0.29, 0.717) is 12.5 Å². The first-order valence-corrected chi connectivity index (χ1v) is 11.3. The molecule has 0 bridgehead atoms. The lowest BCUT2D eigenvalue weighted by Gasteiger charge is -2.31. The van der Waals surface area contributed by atoms with Crippen LogP contribution in [0.25, 0.3) is 0 Å². The predicted octanol–water partition coefficient (Wildman–Crippen LogP) is 2.59. The molecule has 31 heavy (non-hydrogen) atoms. The number of carboxylic acids is 1. The highest BCUT2D eigenvalue weighted by molar-refractivity contribution is 7.99. The van der Waals surface area contributed by atoms with Crippen molar-refractivity contribution in [3.63, 3.8) is 0 Å². The predicted molar refractivity (Wildman–Crippen MR) is 111 cm³/mol. The highest BCUT2D eigenvalue weighted by Gasteiger charge is 2.38. The summed E-state index contributed by atoms with van der Waals surface area (Å²) in [6.45, 7) is 6.78. The molecule has 0 atom stereocenters. The maximum absolute atomic E-state index is 12.1. The van der Waals surface area contributed by atoms with Crippen molar-refractivity contribution in [1.29, 1.82) is 0 Å². The summed E-state index contributed by atoms with van der Waals surface area (Å²) in [6, 6.07) is 0.369. The third-order valence-electron chi connectivity index (χ3n) is 5.01. The van der Waals surface area contributed by atoms with Crippen LogP contribution in [0.15, 0.2) is 18.3 Å². The number of carboxylic acid groups (broad SMARTS) is 1. The molecule has 8 nitrogen and oxygen atoms in total. The first-order chi connectivity index (χ1) is 14.7. The van der Waals surface area contributed by atoms with Crippen molar-refractivity contribution in [3.8, 4) is 0 Å². The zero-order chi connectivity index (χ0) is 22.9. The van der Waals surface area contributed by atoms with E-state index < -0.39 is 12.1 Å². The van der Waals surface area contributed by atoms with Crippen molar-refractivity contribution in [2.45, 2.75) is 44.9 Å². The highest BCUT2D eigenvalue weighted by Crippen LogP contribution is 2.22. The van der Waals surface area contributed by atoms with Gasteiger partial charge in [0.25, 0.3) is 0 Å². The maximum atomic E-state index is 12.1. The lowest BCUT2D eigenvalue weighted by Crippen LogP contribution is -2.38. The fraction of sp³-hybridized carbons (Fsp3) is 0.684. The Bertz CT molecular complexity index is 742. The lowest BCUT2D eigenvalue weighted by molar-refractivity contribution is -0.192. The van der Waals surface area contributed by atoms with E-state index in [1.54, 1.807) is 0 Å². The molecule has 0 aliphatic carbocycles. The molecule has 1 N–H and O–H groups in total. The maximum Gasteiger partial charge on any atom is 0.490 e. The number of thioether (sulfide) groups is 1. The minimum atomic E-state index is -5.08.